The number of hydrogen-bond donors (Lipinski definition) is 0. The maximum Gasteiger partial charge on any atom is 0.0636 e. The van der Waals surface area contributed by atoms with E-state index in [0.29, 0.717) is 16.5 Å². The topological polar surface area (TPSA) is 0 Å². The fraction of sp³-hybridized carbons (Fsp3) is 0. The second-order valence-corrected chi connectivity index (χ2v) is 9.39. The van der Waals surface area contributed by atoms with Gasteiger partial charge >= 0.3 is 0 Å². The Morgan fingerprint density at radius 1 is 0.350 bits per heavy atom. The smallest absolute Gasteiger partial charge is 0.0622 e. The molecule has 8 aromatic carbocycles. The second kappa shape index (κ2) is 9.22. The standard InChI is InChI=1S/C40H26/c1-2-14-29(15-3-1)39-35-20-8-9-21-36(35)40(34-23-11-17-28-13-5-7-19-32(28)34)38-26-30(24-25-37(38)39)33-22-10-16-27-12-4-6-18-31(27)33/h1-26H/i4D,6D,8D,9D,10D,12D,16D,18D,20D,21D,22D,24D,25D,26D. The average Bonchev–Trinajstić information content (AvgIpc) is 3.18. The molecule has 0 aliphatic carbocycles. The minimum absolute atomic E-state index is 0.00797. The van der Waals surface area contributed by atoms with Crippen LogP contribution in [0.1, 0.15) is 19.2 Å². The van der Waals surface area contributed by atoms with E-state index in [-0.39, 0.29) is 60.6 Å². The van der Waals surface area contributed by atoms with E-state index in [4.69, 9.17) is 12.3 Å². The molecule has 0 heteroatoms. The van der Waals surface area contributed by atoms with E-state index in [1.165, 1.54) is 0 Å². The fourth-order valence-corrected chi connectivity index (χ4v) is 5.45. The zero-order chi connectivity index (χ0) is 38.7. The summed E-state index contributed by atoms with van der Waals surface area (Å²) in [5, 5.41) is 0.906. The zero-order valence-corrected chi connectivity index (χ0v) is 20.9. The molecule has 40 heavy (non-hydrogen) atoms. The van der Waals surface area contributed by atoms with Gasteiger partial charge in [0.25, 0.3) is 0 Å². The first-order valence-electron chi connectivity index (χ1n) is 19.7. The molecule has 0 nitrogen and oxygen atoms in total. The lowest BCUT2D eigenvalue weighted by atomic mass is 9.83. The van der Waals surface area contributed by atoms with E-state index in [9.17, 15) is 6.85 Å². The summed E-state index contributed by atoms with van der Waals surface area (Å²) >= 11 is 0. The molecule has 0 bridgehead atoms. The molecular weight excluding hydrogens is 480 g/mol. The first kappa shape index (κ1) is 12.8. The highest BCUT2D eigenvalue weighted by Gasteiger charge is 2.19. The highest BCUT2D eigenvalue weighted by Crippen LogP contribution is 2.46. The van der Waals surface area contributed by atoms with Crippen molar-refractivity contribution in [1.82, 2.24) is 0 Å². The lowest BCUT2D eigenvalue weighted by molar-refractivity contribution is 1.65. The Balaban J connectivity index is 1.75. The Kier molecular flexibility index (Phi) is 2.94. The van der Waals surface area contributed by atoms with Crippen LogP contribution in [0, 0.1) is 0 Å². The zero-order valence-electron chi connectivity index (χ0n) is 34.9. The third-order valence-electron chi connectivity index (χ3n) is 7.18. The molecule has 0 atom stereocenters. The highest BCUT2D eigenvalue weighted by molar-refractivity contribution is 6.24. The molecule has 0 saturated carbocycles. The molecule has 0 spiro atoms. The van der Waals surface area contributed by atoms with E-state index in [1.807, 2.05) is 24.3 Å². The van der Waals surface area contributed by atoms with E-state index >= 15 is 0 Å². The summed E-state index contributed by atoms with van der Waals surface area (Å²) in [7, 11) is 0. The number of fused-ring (bicyclic) bond motifs is 4. The quantitative estimate of drug-likeness (QED) is 0.203. The van der Waals surface area contributed by atoms with Crippen LogP contribution in [-0.4, -0.2) is 0 Å². The summed E-state index contributed by atoms with van der Waals surface area (Å²) in [6, 6.07) is 13.4. The van der Waals surface area contributed by atoms with Crippen LogP contribution in [0.25, 0.3) is 76.5 Å². The SMILES string of the molecule is [2H]c1c([2H])c([2H])c2c(-c3c([2H])c([2H])c4c(-c5ccccc5)c5c([2H])c([2H])c([2H])c([2H])c5c(-c5cccc6ccccc56)c4c3[2H])c([2H])c([2H])c([2H])c2c1[2H]. The van der Waals surface area contributed by atoms with Crippen molar-refractivity contribution in [3.63, 3.8) is 0 Å². The Morgan fingerprint density at radius 2 is 1.02 bits per heavy atom. The van der Waals surface area contributed by atoms with Crippen molar-refractivity contribution in [3.8, 4) is 33.4 Å². The molecule has 0 unspecified atom stereocenters. The van der Waals surface area contributed by atoms with Crippen molar-refractivity contribution in [2.24, 2.45) is 0 Å². The molecular formula is C40H26. The molecule has 0 fully saturated rings. The fourth-order valence-electron chi connectivity index (χ4n) is 5.45. The van der Waals surface area contributed by atoms with Crippen LogP contribution in [-0.2, 0) is 0 Å². The van der Waals surface area contributed by atoms with Crippen LogP contribution < -0.4 is 0 Å². The van der Waals surface area contributed by atoms with Gasteiger partial charge in [-0.1, -0.05) is 151 Å². The number of rotatable bonds is 3. The Bertz CT molecular complexity index is 2960. The minimum Gasteiger partial charge on any atom is -0.0622 e. The van der Waals surface area contributed by atoms with Gasteiger partial charge in [-0.05, 0) is 82.5 Å². The van der Waals surface area contributed by atoms with Crippen LogP contribution in [0.5, 0.6) is 0 Å². The lowest BCUT2D eigenvalue weighted by Gasteiger charge is -2.20. The summed E-state index contributed by atoms with van der Waals surface area (Å²) in [6.07, 6.45) is 0. The van der Waals surface area contributed by atoms with E-state index < -0.39 is 78.6 Å². The van der Waals surface area contributed by atoms with Crippen LogP contribution >= 0.6 is 0 Å². The molecule has 0 saturated heterocycles. The van der Waals surface area contributed by atoms with Gasteiger partial charge in [0, 0.05) is 0 Å². The Hall–Kier alpha value is -5.20. The first-order valence-corrected chi connectivity index (χ1v) is 12.7. The van der Waals surface area contributed by atoms with Crippen molar-refractivity contribution < 1.29 is 19.2 Å². The Morgan fingerprint density at radius 3 is 1.90 bits per heavy atom. The normalized spacial score (nSPS) is 16.4. The van der Waals surface area contributed by atoms with Gasteiger partial charge in [-0.15, -0.1) is 0 Å². The summed E-state index contributed by atoms with van der Waals surface area (Å²) < 4.78 is 126. The predicted octanol–water partition coefficient (Wildman–Crippen LogP) is 11.3. The molecule has 8 aromatic rings. The van der Waals surface area contributed by atoms with Gasteiger partial charge in [-0.2, -0.15) is 0 Å². The third-order valence-corrected chi connectivity index (χ3v) is 7.18. The maximum atomic E-state index is 10.0. The molecule has 0 aromatic heterocycles. The first-order chi connectivity index (χ1) is 25.7. The summed E-state index contributed by atoms with van der Waals surface area (Å²) in [5.74, 6) is 0. The van der Waals surface area contributed by atoms with Gasteiger partial charge in [0.2, 0.25) is 0 Å². The van der Waals surface area contributed by atoms with Crippen LogP contribution in [0.3, 0.4) is 0 Å². The molecule has 186 valence electrons. The summed E-state index contributed by atoms with van der Waals surface area (Å²) in [4.78, 5) is 0. The molecule has 0 amide bonds. The maximum absolute atomic E-state index is 10.0. The number of benzene rings is 8. The van der Waals surface area contributed by atoms with Crippen molar-refractivity contribution in [1.29, 1.82) is 0 Å². The second-order valence-electron chi connectivity index (χ2n) is 9.39. The number of hydrogen-bond acceptors (Lipinski definition) is 0. The Labute approximate surface area is 253 Å². The summed E-state index contributed by atoms with van der Waals surface area (Å²) in [5.41, 5.74) is 0.505. The predicted molar refractivity (Wildman–Crippen MR) is 173 cm³/mol. The van der Waals surface area contributed by atoms with E-state index in [2.05, 4.69) is 0 Å². The van der Waals surface area contributed by atoms with E-state index in [0.717, 1.165) is 5.39 Å². The minimum atomic E-state index is -0.695. The van der Waals surface area contributed by atoms with Gasteiger partial charge in [-0.3, -0.25) is 0 Å². The van der Waals surface area contributed by atoms with Gasteiger partial charge < -0.3 is 0 Å². The molecule has 0 N–H and O–H groups in total. The lowest BCUT2D eigenvalue weighted by Crippen LogP contribution is -1.92. The molecule has 8 rings (SSSR count). The van der Waals surface area contributed by atoms with Crippen molar-refractivity contribution in [2.75, 3.05) is 0 Å². The largest absolute Gasteiger partial charge is 0.0636 e. The highest BCUT2D eigenvalue weighted by atomic mass is 14.2. The van der Waals surface area contributed by atoms with Crippen molar-refractivity contribution in [3.05, 3.63) is 157 Å². The van der Waals surface area contributed by atoms with Gasteiger partial charge in [0.1, 0.15) is 0 Å². The van der Waals surface area contributed by atoms with Crippen LogP contribution in [0.4, 0.5) is 0 Å². The third kappa shape index (κ3) is 3.54. The van der Waals surface area contributed by atoms with Crippen molar-refractivity contribution in [2.45, 2.75) is 0 Å². The average molecular weight is 521 g/mol. The molecule has 0 heterocycles. The van der Waals surface area contributed by atoms with Crippen LogP contribution in [0.2, 0.25) is 0 Å². The van der Waals surface area contributed by atoms with Gasteiger partial charge in [0.15, 0.2) is 0 Å². The molecule has 0 radical (unpaired) electrons. The van der Waals surface area contributed by atoms with Crippen LogP contribution in [0.15, 0.2) is 157 Å². The van der Waals surface area contributed by atoms with Crippen molar-refractivity contribution >= 4 is 43.1 Å². The monoisotopic (exact) mass is 520 g/mol. The van der Waals surface area contributed by atoms with E-state index in [1.54, 1.807) is 48.5 Å². The molecule has 0 aliphatic rings. The summed E-state index contributed by atoms with van der Waals surface area (Å²) in [6.45, 7) is 0. The molecule has 0 aliphatic heterocycles. The van der Waals surface area contributed by atoms with Gasteiger partial charge in [-0.25, -0.2) is 0 Å². The van der Waals surface area contributed by atoms with Gasteiger partial charge in [0.05, 0.1) is 19.2 Å².